The van der Waals surface area contributed by atoms with Gasteiger partial charge in [0.2, 0.25) is 5.91 Å². The van der Waals surface area contributed by atoms with Crippen LogP contribution in [0.2, 0.25) is 0 Å². The van der Waals surface area contributed by atoms with Crippen molar-refractivity contribution in [2.75, 3.05) is 12.8 Å². The molecule has 0 N–H and O–H groups in total. The summed E-state index contributed by atoms with van der Waals surface area (Å²) in [6.07, 6.45) is 3.46. The van der Waals surface area contributed by atoms with Gasteiger partial charge >= 0.3 is 0 Å². The van der Waals surface area contributed by atoms with Crippen LogP contribution < -0.4 is 0 Å². The molecule has 146 valence electrons. The molecule has 3 heterocycles. The minimum absolute atomic E-state index is 0.0523. The average Bonchev–Trinajstić information content (AvgIpc) is 3.43. The summed E-state index contributed by atoms with van der Waals surface area (Å²) in [5.74, 6) is 1.07. The summed E-state index contributed by atoms with van der Waals surface area (Å²) >= 11 is 3.04. The number of carbonyl (C=O) groups is 1. The van der Waals surface area contributed by atoms with E-state index in [0.717, 1.165) is 17.1 Å². The van der Waals surface area contributed by atoms with Crippen molar-refractivity contribution in [3.63, 3.8) is 0 Å². The molecular weight excluding hydrogens is 402 g/mol. The number of nitrogens with zero attached hydrogens (tertiary/aromatic N) is 5. The maximum Gasteiger partial charge on any atom is 0.233 e. The van der Waals surface area contributed by atoms with Gasteiger partial charge in [-0.1, -0.05) is 36.0 Å². The number of benzene rings is 1. The summed E-state index contributed by atoms with van der Waals surface area (Å²) < 4.78 is 1.98. The maximum atomic E-state index is 12.6. The quantitative estimate of drug-likeness (QED) is 0.420. The van der Waals surface area contributed by atoms with Crippen molar-refractivity contribution in [1.29, 1.82) is 0 Å². The van der Waals surface area contributed by atoms with Gasteiger partial charge < -0.3 is 4.90 Å². The van der Waals surface area contributed by atoms with Crippen LogP contribution in [0.1, 0.15) is 4.88 Å². The number of hydrogen-bond acceptors (Lipinski definition) is 6. The predicted molar refractivity (Wildman–Crippen MR) is 116 cm³/mol. The first kappa shape index (κ1) is 19.4. The van der Waals surface area contributed by atoms with Crippen LogP contribution in [-0.2, 0) is 11.3 Å². The van der Waals surface area contributed by atoms with Gasteiger partial charge in [-0.15, -0.1) is 21.5 Å². The van der Waals surface area contributed by atoms with Crippen LogP contribution >= 0.6 is 23.1 Å². The van der Waals surface area contributed by atoms with Gasteiger partial charge in [-0.2, -0.15) is 0 Å². The van der Waals surface area contributed by atoms with E-state index in [9.17, 15) is 4.79 Å². The third kappa shape index (κ3) is 4.55. The third-order valence-electron chi connectivity index (χ3n) is 4.31. The monoisotopic (exact) mass is 421 g/mol. The van der Waals surface area contributed by atoms with Gasteiger partial charge in [-0.05, 0) is 35.7 Å². The Morgan fingerprint density at radius 1 is 1.07 bits per heavy atom. The Kier molecular flexibility index (Phi) is 6.02. The van der Waals surface area contributed by atoms with Gasteiger partial charge in [0.1, 0.15) is 0 Å². The van der Waals surface area contributed by atoms with E-state index in [4.69, 9.17) is 0 Å². The summed E-state index contributed by atoms with van der Waals surface area (Å²) in [7, 11) is 1.83. The fraction of sp³-hybridized carbons (Fsp3) is 0.143. The Bertz CT molecular complexity index is 1070. The van der Waals surface area contributed by atoms with Crippen LogP contribution in [-0.4, -0.2) is 43.4 Å². The van der Waals surface area contributed by atoms with E-state index in [1.807, 2.05) is 71.6 Å². The summed E-state index contributed by atoms with van der Waals surface area (Å²) in [6.45, 7) is 0.616. The highest BCUT2D eigenvalue weighted by Gasteiger charge is 2.18. The second-order valence-corrected chi connectivity index (χ2v) is 8.31. The number of thioether (sulfide) groups is 1. The first-order chi connectivity index (χ1) is 14.2. The highest BCUT2D eigenvalue weighted by atomic mass is 32.2. The molecule has 3 aromatic heterocycles. The molecule has 6 nitrogen and oxygen atoms in total. The Morgan fingerprint density at radius 3 is 2.59 bits per heavy atom. The molecule has 1 aromatic carbocycles. The van der Waals surface area contributed by atoms with E-state index < -0.39 is 0 Å². The van der Waals surface area contributed by atoms with E-state index in [1.165, 1.54) is 16.6 Å². The lowest BCUT2D eigenvalue weighted by Crippen LogP contribution is -2.27. The second kappa shape index (κ2) is 9.02. The van der Waals surface area contributed by atoms with Gasteiger partial charge in [0.15, 0.2) is 11.0 Å². The van der Waals surface area contributed by atoms with Crippen LogP contribution in [0, 0.1) is 0 Å². The summed E-state index contributed by atoms with van der Waals surface area (Å²) in [5.41, 5.74) is 1.87. The third-order valence-corrected chi connectivity index (χ3v) is 6.08. The number of amides is 1. The van der Waals surface area contributed by atoms with Crippen LogP contribution in [0.4, 0.5) is 0 Å². The summed E-state index contributed by atoms with van der Waals surface area (Å²) in [5, 5.41) is 11.5. The highest BCUT2D eigenvalue weighted by molar-refractivity contribution is 7.99. The Labute approximate surface area is 177 Å². The second-order valence-electron chi connectivity index (χ2n) is 6.33. The first-order valence-electron chi connectivity index (χ1n) is 9.03. The molecule has 0 aliphatic rings. The molecule has 1 amide bonds. The van der Waals surface area contributed by atoms with Crippen LogP contribution in [0.25, 0.3) is 17.1 Å². The van der Waals surface area contributed by atoms with E-state index in [0.29, 0.717) is 17.5 Å². The number of rotatable bonds is 7. The number of para-hydroxylation sites is 1. The zero-order valence-electron chi connectivity index (χ0n) is 15.8. The fourth-order valence-electron chi connectivity index (χ4n) is 2.82. The Balaban J connectivity index is 1.56. The van der Waals surface area contributed by atoms with Crippen LogP contribution in [0.5, 0.6) is 0 Å². The standard InChI is InChI=1S/C21H19N5OS2/c1-25(14-18-8-5-13-28-18)19(27)15-29-21-24-23-20(16-9-11-22-12-10-16)26(21)17-6-3-2-4-7-17/h2-13H,14-15H2,1H3. The number of carbonyl (C=O) groups excluding carboxylic acids is 1. The summed E-state index contributed by atoms with van der Waals surface area (Å²) in [6, 6.07) is 17.8. The van der Waals surface area contributed by atoms with Gasteiger partial charge in [-0.25, -0.2) is 0 Å². The van der Waals surface area contributed by atoms with Crippen molar-refractivity contribution in [2.45, 2.75) is 11.7 Å². The molecule has 0 bridgehead atoms. The molecular formula is C21H19N5OS2. The highest BCUT2D eigenvalue weighted by Crippen LogP contribution is 2.27. The molecule has 0 atom stereocenters. The zero-order valence-corrected chi connectivity index (χ0v) is 17.4. The van der Waals surface area contributed by atoms with Crippen molar-refractivity contribution in [1.82, 2.24) is 24.6 Å². The Morgan fingerprint density at radius 2 is 1.86 bits per heavy atom. The minimum Gasteiger partial charge on any atom is -0.340 e. The number of hydrogen-bond donors (Lipinski definition) is 0. The molecule has 0 fully saturated rings. The molecule has 29 heavy (non-hydrogen) atoms. The lowest BCUT2D eigenvalue weighted by molar-refractivity contribution is -0.127. The summed E-state index contributed by atoms with van der Waals surface area (Å²) in [4.78, 5) is 19.6. The van der Waals surface area contributed by atoms with Crippen LogP contribution in [0.3, 0.4) is 0 Å². The van der Waals surface area contributed by atoms with Gasteiger partial charge in [-0.3, -0.25) is 14.3 Å². The smallest absolute Gasteiger partial charge is 0.233 e. The van der Waals surface area contributed by atoms with Crippen molar-refractivity contribution < 1.29 is 4.79 Å². The van der Waals surface area contributed by atoms with Gasteiger partial charge in [0.25, 0.3) is 0 Å². The first-order valence-corrected chi connectivity index (χ1v) is 10.9. The Hall–Kier alpha value is -2.97. The largest absolute Gasteiger partial charge is 0.340 e. The molecule has 0 radical (unpaired) electrons. The molecule has 0 spiro atoms. The molecule has 0 saturated heterocycles. The lowest BCUT2D eigenvalue weighted by Gasteiger charge is -2.16. The molecule has 0 aliphatic heterocycles. The number of aromatic nitrogens is 4. The molecule has 4 aromatic rings. The molecule has 0 aliphatic carbocycles. The lowest BCUT2D eigenvalue weighted by atomic mass is 10.2. The average molecular weight is 422 g/mol. The van der Waals surface area contributed by atoms with Gasteiger partial charge in [0.05, 0.1) is 12.3 Å². The molecule has 0 unspecified atom stereocenters. The van der Waals surface area contributed by atoms with Crippen molar-refractivity contribution in [3.05, 3.63) is 77.2 Å². The van der Waals surface area contributed by atoms with Crippen LogP contribution in [0.15, 0.2) is 77.5 Å². The molecule has 8 heteroatoms. The van der Waals surface area contributed by atoms with E-state index >= 15 is 0 Å². The normalized spacial score (nSPS) is 10.8. The molecule has 0 saturated carbocycles. The van der Waals surface area contributed by atoms with Crippen molar-refractivity contribution >= 4 is 29.0 Å². The van der Waals surface area contributed by atoms with E-state index in [2.05, 4.69) is 15.2 Å². The number of pyridine rings is 1. The topological polar surface area (TPSA) is 63.9 Å². The fourth-order valence-corrected chi connectivity index (χ4v) is 4.47. The van der Waals surface area contributed by atoms with E-state index in [1.54, 1.807) is 28.6 Å². The van der Waals surface area contributed by atoms with Gasteiger partial charge in [0, 0.05) is 35.6 Å². The predicted octanol–water partition coefficient (Wildman–Crippen LogP) is 4.14. The van der Waals surface area contributed by atoms with Crippen molar-refractivity contribution in [2.24, 2.45) is 0 Å². The minimum atomic E-state index is 0.0523. The SMILES string of the molecule is CN(Cc1cccs1)C(=O)CSc1nnc(-c2ccncc2)n1-c1ccccc1. The van der Waals surface area contributed by atoms with E-state index in [-0.39, 0.29) is 5.91 Å². The van der Waals surface area contributed by atoms with Crippen molar-refractivity contribution in [3.8, 4) is 17.1 Å². The maximum absolute atomic E-state index is 12.6. The zero-order chi connectivity index (χ0) is 20.1. The number of thiophene rings is 1. The molecule has 4 rings (SSSR count).